The maximum atomic E-state index is 9.42. The zero-order valence-corrected chi connectivity index (χ0v) is 12.1. The van der Waals surface area contributed by atoms with Crippen LogP contribution < -0.4 is 0 Å². The molecule has 0 N–H and O–H groups in total. The van der Waals surface area contributed by atoms with Gasteiger partial charge in [-0.25, -0.2) is 0 Å². The molecule has 2 aliphatic carbocycles. The zero-order chi connectivity index (χ0) is 13.0. The summed E-state index contributed by atoms with van der Waals surface area (Å²) in [6, 6.07) is 3.97. The monoisotopic (exact) mass is 248 g/mol. The number of nitriles is 1. The molecule has 2 rings (SSSR count). The van der Waals surface area contributed by atoms with Crippen LogP contribution in [-0.4, -0.2) is 23.5 Å². The molecule has 3 unspecified atom stereocenters. The Morgan fingerprint density at radius 2 is 1.94 bits per heavy atom. The summed E-state index contributed by atoms with van der Waals surface area (Å²) in [7, 11) is 0. The van der Waals surface area contributed by atoms with Crippen molar-refractivity contribution in [1.29, 1.82) is 5.26 Å². The molecule has 2 saturated carbocycles. The number of unbranched alkanes of at least 4 members (excludes halogenated alkanes) is 1. The van der Waals surface area contributed by atoms with Crippen LogP contribution in [0, 0.1) is 23.2 Å². The van der Waals surface area contributed by atoms with Crippen LogP contribution in [0.25, 0.3) is 0 Å². The van der Waals surface area contributed by atoms with Crippen LogP contribution in [0.2, 0.25) is 0 Å². The molecule has 2 nitrogen and oxygen atoms in total. The van der Waals surface area contributed by atoms with Crippen molar-refractivity contribution in [3.63, 3.8) is 0 Å². The predicted molar refractivity (Wildman–Crippen MR) is 75.2 cm³/mol. The molecule has 0 amide bonds. The summed E-state index contributed by atoms with van der Waals surface area (Å²) in [5.41, 5.74) is 0. The fourth-order valence-corrected chi connectivity index (χ4v) is 3.49. The first kappa shape index (κ1) is 13.9. The normalized spacial score (nSPS) is 32.4. The molecule has 0 spiro atoms. The molecule has 102 valence electrons. The topological polar surface area (TPSA) is 27.0 Å². The van der Waals surface area contributed by atoms with E-state index < -0.39 is 0 Å². The Kier molecular flexibility index (Phi) is 5.06. The van der Waals surface area contributed by atoms with Crippen molar-refractivity contribution in [3.8, 4) is 6.07 Å². The van der Waals surface area contributed by atoms with E-state index in [-0.39, 0.29) is 0 Å². The van der Waals surface area contributed by atoms with E-state index in [1.165, 1.54) is 51.5 Å². The van der Waals surface area contributed by atoms with Crippen LogP contribution >= 0.6 is 0 Å². The summed E-state index contributed by atoms with van der Waals surface area (Å²) >= 11 is 0. The molecule has 0 radical (unpaired) electrons. The van der Waals surface area contributed by atoms with Gasteiger partial charge in [-0.3, -0.25) is 4.90 Å². The van der Waals surface area contributed by atoms with Gasteiger partial charge in [-0.2, -0.15) is 5.26 Å². The maximum absolute atomic E-state index is 9.42. The Morgan fingerprint density at radius 1 is 1.17 bits per heavy atom. The van der Waals surface area contributed by atoms with Gasteiger partial charge in [0.1, 0.15) is 0 Å². The minimum Gasteiger partial charge on any atom is -0.296 e. The predicted octanol–water partition coefficient (Wildman–Crippen LogP) is 3.97. The summed E-state index contributed by atoms with van der Waals surface area (Å²) < 4.78 is 0. The molecule has 0 aromatic heterocycles. The molecule has 0 aliphatic heterocycles. The number of nitrogens with zero attached hydrogens (tertiary/aromatic N) is 2. The van der Waals surface area contributed by atoms with E-state index in [1.807, 2.05) is 0 Å². The van der Waals surface area contributed by atoms with Crippen molar-refractivity contribution in [2.75, 3.05) is 6.54 Å². The van der Waals surface area contributed by atoms with Crippen molar-refractivity contribution in [3.05, 3.63) is 0 Å². The van der Waals surface area contributed by atoms with Gasteiger partial charge in [0.2, 0.25) is 0 Å². The summed E-state index contributed by atoms with van der Waals surface area (Å²) in [5.74, 6) is 1.16. The van der Waals surface area contributed by atoms with Crippen LogP contribution in [0.15, 0.2) is 0 Å². The second-order valence-electron chi connectivity index (χ2n) is 6.21. The highest BCUT2D eigenvalue weighted by Crippen LogP contribution is 2.39. The maximum Gasteiger partial charge on any atom is 0.0672 e. The Bertz CT molecular complexity index is 290. The van der Waals surface area contributed by atoms with Gasteiger partial charge in [0.05, 0.1) is 12.0 Å². The third-order valence-corrected chi connectivity index (χ3v) is 4.88. The SMILES string of the molecule is CCCCN(C1CC1)C1CC(CC)CCC1C#N. The Hall–Kier alpha value is -0.550. The molecular formula is C16H28N2. The second kappa shape index (κ2) is 6.57. The molecule has 3 atom stereocenters. The van der Waals surface area contributed by atoms with E-state index in [2.05, 4.69) is 24.8 Å². The minimum absolute atomic E-state index is 0.297. The van der Waals surface area contributed by atoms with E-state index in [1.54, 1.807) is 0 Å². The van der Waals surface area contributed by atoms with Crippen molar-refractivity contribution >= 4 is 0 Å². The average Bonchev–Trinajstić information content (AvgIpc) is 3.23. The van der Waals surface area contributed by atoms with Gasteiger partial charge >= 0.3 is 0 Å². The third-order valence-electron chi connectivity index (χ3n) is 4.88. The zero-order valence-electron chi connectivity index (χ0n) is 12.1. The van der Waals surface area contributed by atoms with Crippen LogP contribution in [0.5, 0.6) is 0 Å². The Labute approximate surface area is 112 Å². The molecule has 2 aliphatic rings. The van der Waals surface area contributed by atoms with Crippen molar-refractivity contribution in [2.45, 2.75) is 77.3 Å². The van der Waals surface area contributed by atoms with Crippen LogP contribution in [0.3, 0.4) is 0 Å². The van der Waals surface area contributed by atoms with Crippen molar-refractivity contribution in [2.24, 2.45) is 11.8 Å². The quantitative estimate of drug-likeness (QED) is 0.711. The van der Waals surface area contributed by atoms with Gasteiger partial charge in [0, 0.05) is 12.1 Å². The van der Waals surface area contributed by atoms with E-state index in [9.17, 15) is 5.26 Å². The molecular weight excluding hydrogens is 220 g/mol. The highest BCUT2D eigenvalue weighted by Gasteiger charge is 2.40. The molecule has 2 fully saturated rings. The third kappa shape index (κ3) is 3.26. The van der Waals surface area contributed by atoms with Gasteiger partial charge in [0.25, 0.3) is 0 Å². The van der Waals surface area contributed by atoms with E-state index in [0.717, 1.165) is 18.4 Å². The lowest BCUT2D eigenvalue weighted by atomic mass is 9.77. The lowest BCUT2D eigenvalue weighted by Gasteiger charge is -2.40. The number of hydrogen-bond donors (Lipinski definition) is 0. The Balaban J connectivity index is 2.01. The lowest BCUT2D eigenvalue weighted by Crippen LogP contribution is -2.45. The first-order chi connectivity index (χ1) is 8.80. The first-order valence-electron chi connectivity index (χ1n) is 7.95. The molecule has 2 heteroatoms. The standard InChI is InChI=1S/C16H28N2/c1-3-5-10-18(15-8-9-15)16-11-13(4-2)6-7-14(16)12-17/h13-16H,3-11H2,1-2H3. The van der Waals surface area contributed by atoms with E-state index >= 15 is 0 Å². The highest BCUT2D eigenvalue weighted by atomic mass is 15.2. The molecule has 18 heavy (non-hydrogen) atoms. The molecule has 0 aromatic rings. The average molecular weight is 248 g/mol. The van der Waals surface area contributed by atoms with Crippen molar-refractivity contribution < 1.29 is 0 Å². The molecule has 0 aromatic carbocycles. The van der Waals surface area contributed by atoms with Gasteiger partial charge < -0.3 is 0 Å². The summed E-state index contributed by atoms with van der Waals surface area (Å²) in [4.78, 5) is 2.71. The molecule has 0 bridgehead atoms. The number of rotatable bonds is 6. The van der Waals surface area contributed by atoms with Crippen LogP contribution in [-0.2, 0) is 0 Å². The highest BCUT2D eigenvalue weighted by molar-refractivity contribution is 5.01. The molecule has 0 heterocycles. The summed E-state index contributed by atoms with van der Waals surface area (Å²) in [6.07, 6.45) is 10.3. The lowest BCUT2D eigenvalue weighted by molar-refractivity contribution is 0.0909. The van der Waals surface area contributed by atoms with Gasteiger partial charge in [-0.05, 0) is 51.0 Å². The van der Waals surface area contributed by atoms with Crippen LogP contribution in [0.1, 0.15) is 65.2 Å². The van der Waals surface area contributed by atoms with Crippen LogP contribution in [0.4, 0.5) is 0 Å². The minimum atomic E-state index is 0.297. The van der Waals surface area contributed by atoms with Gasteiger partial charge in [-0.15, -0.1) is 0 Å². The van der Waals surface area contributed by atoms with Gasteiger partial charge in [0.15, 0.2) is 0 Å². The largest absolute Gasteiger partial charge is 0.296 e. The van der Waals surface area contributed by atoms with E-state index in [0.29, 0.717) is 12.0 Å². The van der Waals surface area contributed by atoms with E-state index in [4.69, 9.17) is 0 Å². The molecule has 0 saturated heterocycles. The smallest absolute Gasteiger partial charge is 0.0672 e. The first-order valence-corrected chi connectivity index (χ1v) is 7.95. The second-order valence-corrected chi connectivity index (χ2v) is 6.21. The van der Waals surface area contributed by atoms with Gasteiger partial charge in [-0.1, -0.05) is 26.7 Å². The fraction of sp³-hybridized carbons (Fsp3) is 0.938. The van der Waals surface area contributed by atoms with Crippen molar-refractivity contribution in [1.82, 2.24) is 4.90 Å². The Morgan fingerprint density at radius 3 is 2.50 bits per heavy atom. The summed E-state index contributed by atoms with van der Waals surface area (Å²) in [5, 5.41) is 9.42. The fourth-order valence-electron chi connectivity index (χ4n) is 3.49. The summed E-state index contributed by atoms with van der Waals surface area (Å²) in [6.45, 7) is 5.80. The number of hydrogen-bond acceptors (Lipinski definition) is 2.